The summed E-state index contributed by atoms with van der Waals surface area (Å²) >= 11 is 0. The van der Waals surface area contributed by atoms with Gasteiger partial charge in [-0.2, -0.15) is 0 Å². The molecule has 1 N–H and O–H groups in total. The molecule has 0 radical (unpaired) electrons. The highest BCUT2D eigenvalue weighted by molar-refractivity contribution is 5.90. The average molecular weight is 438 g/mol. The second-order valence-corrected chi connectivity index (χ2v) is 7.98. The zero-order chi connectivity index (χ0) is 23.3. The predicted molar refractivity (Wildman–Crippen MR) is 129 cm³/mol. The van der Waals surface area contributed by atoms with E-state index >= 15 is 0 Å². The van der Waals surface area contributed by atoms with Crippen LogP contribution in [0, 0.1) is 0 Å². The lowest BCUT2D eigenvalue weighted by Gasteiger charge is -2.18. The van der Waals surface area contributed by atoms with Crippen LogP contribution in [0.3, 0.4) is 0 Å². The number of aliphatic carboxylic acids is 1. The summed E-state index contributed by atoms with van der Waals surface area (Å²) in [5.41, 5.74) is 3.93. The molecule has 2 aromatic carbocycles. The molecule has 0 aliphatic heterocycles. The number of unbranched alkanes of at least 4 members (excludes halogenated alkanes) is 4. The Bertz CT molecular complexity index is 902. The molecule has 0 aliphatic carbocycles. The van der Waals surface area contributed by atoms with Crippen molar-refractivity contribution in [3.8, 4) is 11.1 Å². The highest BCUT2D eigenvalue weighted by Crippen LogP contribution is 2.23. The number of hydrogen-bond donors (Lipinski definition) is 1. The number of rotatable bonds is 13. The van der Waals surface area contributed by atoms with Gasteiger partial charge in [0.05, 0.1) is 6.61 Å². The summed E-state index contributed by atoms with van der Waals surface area (Å²) in [5.74, 6) is -0.963. The van der Waals surface area contributed by atoms with Gasteiger partial charge in [-0.25, -0.2) is 4.79 Å². The fourth-order valence-corrected chi connectivity index (χ4v) is 3.53. The Kier molecular flexibility index (Phi) is 10.5. The minimum Gasteiger partial charge on any atom is -0.487 e. The molecule has 5 nitrogen and oxygen atoms in total. The molecule has 0 spiro atoms. The summed E-state index contributed by atoms with van der Waals surface area (Å²) in [7, 11) is 1.86. The summed E-state index contributed by atoms with van der Waals surface area (Å²) in [5, 5.41) is 9.20. The van der Waals surface area contributed by atoms with E-state index < -0.39 is 5.97 Å². The third kappa shape index (κ3) is 8.22. The monoisotopic (exact) mass is 437 g/mol. The SMILES string of the molecule is CCCCCCCC(=O)N(C)Cc1cccc(-c2ccc(C=C(OCC)C(=O)O)cc2)c1. The third-order valence-electron chi connectivity index (χ3n) is 5.32. The first-order chi connectivity index (χ1) is 15.4. The van der Waals surface area contributed by atoms with Crippen LogP contribution in [0.5, 0.6) is 0 Å². The Balaban J connectivity index is 2.01. The van der Waals surface area contributed by atoms with E-state index in [4.69, 9.17) is 4.74 Å². The fourth-order valence-electron chi connectivity index (χ4n) is 3.53. The van der Waals surface area contributed by atoms with Gasteiger partial charge in [0, 0.05) is 20.0 Å². The lowest BCUT2D eigenvalue weighted by Crippen LogP contribution is -2.25. The van der Waals surface area contributed by atoms with Crippen LogP contribution in [0.15, 0.2) is 54.3 Å². The summed E-state index contributed by atoms with van der Waals surface area (Å²) in [6, 6.07) is 15.8. The Labute approximate surface area is 191 Å². The average Bonchev–Trinajstić information content (AvgIpc) is 2.79. The van der Waals surface area contributed by atoms with Crippen LogP contribution in [0.1, 0.15) is 63.5 Å². The van der Waals surface area contributed by atoms with Gasteiger partial charge in [-0.3, -0.25) is 4.79 Å². The minimum absolute atomic E-state index is 0.0692. The molecule has 2 aromatic rings. The van der Waals surface area contributed by atoms with Crippen LogP contribution in [0.4, 0.5) is 0 Å². The Morgan fingerprint density at radius 3 is 2.34 bits per heavy atom. The normalized spacial score (nSPS) is 11.3. The molecule has 5 heteroatoms. The van der Waals surface area contributed by atoms with Crippen molar-refractivity contribution in [2.75, 3.05) is 13.7 Å². The molecule has 0 unspecified atom stereocenters. The molecule has 1 amide bonds. The molecule has 32 heavy (non-hydrogen) atoms. The molecule has 2 rings (SSSR count). The molecule has 0 atom stereocenters. The first kappa shape index (κ1) is 25.2. The number of benzene rings is 2. The molecule has 0 fully saturated rings. The van der Waals surface area contributed by atoms with Crippen molar-refractivity contribution < 1.29 is 19.4 Å². The van der Waals surface area contributed by atoms with E-state index in [0.29, 0.717) is 19.6 Å². The zero-order valence-corrected chi connectivity index (χ0v) is 19.5. The minimum atomic E-state index is -1.08. The van der Waals surface area contributed by atoms with Gasteiger partial charge in [-0.1, -0.05) is 75.1 Å². The maximum atomic E-state index is 12.4. The van der Waals surface area contributed by atoms with Crippen LogP contribution in [-0.4, -0.2) is 35.5 Å². The van der Waals surface area contributed by atoms with E-state index in [1.165, 1.54) is 25.3 Å². The van der Waals surface area contributed by atoms with Crippen molar-refractivity contribution in [2.24, 2.45) is 0 Å². The van der Waals surface area contributed by atoms with E-state index in [2.05, 4.69) is 13.0 Å². The van der Waals surface area contributed by atoms with Crippen molar-refractivity contribution in [1.82, 2.24) is 4.90 Å². The summed E-state index contributed by atoms with van der Waals surface area (Å²) in [4.78, 5) is 25.5. The van der Waals surface area contributed by atoms with Crippen LogP contribution >= 0.6 is 0 Å². The number of carbonyl (C=O) groups excluding carboxylic acids is 1. The number of carboxylic acids is 1. The predicted octanol–water partition coefficient (Wildman–Crippen LogP) is 6.13. The van der Waals surface area contributed by atoms with E-state index in [9.17, 15) is 14.7 Å². The lowest BCUT2D eigenvalue weighted by molar-refractivity contribution is -0.136. The van der Waals surface area contributed by atoms with Gasteiger partial charge >= 0.3 is 5.97 Å². The Morgan fingerprint density at radius 2 is 1.69 bits per heavy atom. The highest BCUT2D eigenvalue weighted by atomic mass is 16.5. The highest BCUT2D eigenvalue weighted by Gasteiger charge is 2.10. The first-order valence-corrected chi connectivity index (χ1v) is 11.5. The number of ether oxygens (including phenoxy) is 1. The zero-order valence-electron chi connectivity index (χ0n) is 19.5. The van der Waals surface area contributed by atoms with E-state index in [1.54, 1.807) is 11.8 Å². The number of nitrogens with zero attached hydrogens (tertiary/aromatic N) is 1. The molecule has 0 saturated carbocycles. The van der Waals surface area contributed by atoms with Gasteiger partial charge in [0.2, 0.25) is 11.7 Å². The van der Waals surface area contributed by atoms with Crippen molar-refractivity contribution in [3.63, 3.8) is 0 Å². The summed E-state index contributed by atoms with van der Waals surface area (Å²) < 4.78 is 5.17. The van der Waals surface area contributed by atoms with Crippen LogP contribution in [-0.2, 0) is 20.9 Å². The Hall–Kier alpha value is -3.08. The number of carbonyl (C=O) groups is 2. The maximum Gasteiger partial charge on any atom is 0.371 e. The van der Waals surface area contributed by atoms with Gasteiger partial charge in [-0.15, -0.1) is 0 Å². The van der Waals surface area contributed by atoms with Crippen LogP contribution < -0.4 is 0 Å². The topological polar surface area (TPSA) is 66.8 Å². The van der Waals surface area contributed by atoms with Gasteiger partial charge in [0.15, 0.2) is 0 Å². The van der Waals surface area contributed by atoms with Gasteiger partial charge < -0.3 is 14.7 Å². The standard InChI is InChI=1S/C27H35NO4/c1-4-6-7-8-9-13-26(29)28(3)20-22-11-10-12-24(18-22)23-16-14-21(15-17-23)19-25(27(30)31)32-5-2/h10-12,14-19H,4-9,13,20H2,1-3H3,(H,30,31). The van der Waals surface area contributed by atoms with Crippen molar-refractivity contribution in [1.29, 1.82) is 0 Å². The second-order valence-electron chi connectivity index (χ2n) is 7.98. The van der Waals surface area contributed by atoms with Gasteiger partial charge in [-0.05, 0) is 47.7 Å². The van der Waals surface area contributed by atoms with E-state index in [-0.39, 0.29) is 11.7 Å². The quantitative estimate of drug-likeness (QED) is 0.232. The van der Waals surface area contributed by atoms with Crippen LogP contribution in [0.2, 0.25) is 0 Å². The first-order valence-electron chi connectivity index (χ1n) is 11.5. The molecule has 0 bridgehead atoms. The Morgan fingerprint density at radius 1 is 0.969 bits per heavy atom. The number of amides is 1. The lowest BCUT2D eigenvalue weighted by atomic mass is 10.0. The number of hydrogen-bond acceptors (Lipinski definition) is 3. The maximum absolute atomic E-state index is 12.4. The summed E-state index contributed by atoms with van der Waals surface area (Å²) in [6.07, 6.45) is 7.85. The summed E-state index contributed by atoms with van der Waals surface area (Å²) in [6.45, 7) is 4.83. The molecule has 0 saturated heterocycles. The largest absolute Gasteiger partial charge is 0.487 e. The molecular formula is C27H35NO4. The van der Waals surface area contributed by atoms with Crippen molar-refractivity contribution >= 4 is 18.0 Å². The smallest absolute Gasteiger partial charge is 0.371 e. The molecule has 0 aliphatic rings. The van der Waals surface area contributed by atoms with Gasteiger partial charge in [0.25, 0.3) is 0 Å². The van der Waals surface area contributed by atoms with Crippen molar-refractivity contribution in [3.05, 3.63) is 65.4 Å². The van der Waals surface area contributed by atoms with Gasteiger partial charge in [0.1, 0.15) is 0 Å². The number of carboxylic acid groups (broad SMARTS) is 1. The second kappa shape index (κ2) is 13.4. The molecule has 0 heterocycles. The van der Waals surface area contributed by atoms with E-state index in [0.717, 1.165) is 35.1 Å². The van der Waals surface area contributed by atoms with Crippen molar-refractivity contribution in [2.45, 2.75) is 58.9 Å². The molecule has 172 valence electrons. The van der Waals surface area contributed by atoms with Crippen LogP contribution in [0.25, 0.3) is 17.2 Å². The molecule has 0 aromatic heterocycles. The van der Waals surface area contributed by atoms with E-state index in [1.807, 2.05) is 49.5 Å². The fraction of sp³-hybridized carbons (Fsp3) is 0.407. The molecular weight excluding hydrogens is 402 g/mol. The third-order valence-corrected chi connectivity index (χ3v) is 5.32.